The summed E-state index contributed by atoms with van der Waals surface area (Å²) in [5.41, 5.74) is 0.251. The Morgan fingerprint density at radius 2 is 2.03 bits per heavy atom. The number of sulfonamides is 1. The molecule has 9 nitrogen and oxygen atoms in total. The number of carbonyl (C=O) groups excluding carboxylic acids is 3. The second kappa shape index (κ2) is 8.85. The van der Waals surface area contributed by atoms with E-state index in [9.17, 15) is 27.2 Å². The van der Waals surface area contributed by atoms with Crippen molar-refractivity contribution in [3.05, 3.63) is 35.1 Å². The van der Waals surface area contributed by atoms with E-state index >= 15 is 0 Å². The van der Waals surface area contributed by atoms with Crippen LogP contribution in [-0.2, 0) is 37.4 Å². The highest BCUT2D eigenvalue weighted by Gasteiger charge is 2.61. The number of Topliss-reactive ketones (excluding diaryl/α,β-unsaturated/α-hetero) is 1. The number of nitrogens with zero attached hydrogens (tertiary/aromatic N) is 1. The molecule has 2 saturated carbocycles. The molecule has 2 amide bonds. The van der Waals surface area contributed by atoms with Crippen LogP contribution >= 0.6 is 0 Å². The van der Waals surface area contributed by atoms with Gasteiger partial charge in [0.25, 0.3) is 0 Å². The zero-order chi connectivity index (χ0) is 25.0. The number of ketones is 1. The van der Waals surface area contributed by atoms with E-state index in [2.05, 4.69) is 10.0 Å². The third-order valence-electron chi connectivity index (χ3n) is 7.80. The first-order valence-electron chi connectivity index (χ1n) is 12.2. The monoisotopic (exact) mass is 507 g/mol. The van der Waals surface area contributed by atoms with Gasteiger partial charge in [0.2, 0.25) is 15.9 Å². The highest BCUT2D eigenvalue weighted by Crippen LogP contribution is 2.57. The number of nitrogens with one attached hydrogen (secondary N) is 2. The van der Waals surface area contributed by atoms with Crippen LogP contribution in [0, 0.1) is 17.2 Å². The van der Waals surface area contributed by atoms with Crippen LogP contribution in [-0.4, -0.2) is 55.0 Å². The van der Waals surface area contributed by atoms with Crippen LogP contribution in [0.15, 0.2) is 18.2 Å². The Hall–Kier alpha value is -2.53. The first-order valence-corrected chi connectivity index (χ1v) is 13.7. The average Bonchev–Trinajstić information content (AvgIpc) is 3.69. The topological polar surface area (TPSA) is 122 Å². The Morgan fingerprint density at radius 3 is 2.69 bits per heavy atom. The van der Waals surface area contributed by atoms with Gasteiger partial charge in [-0.05, 0) is 36.8 Å². The molecule has 2 heterocycles. The third-order valence-corrected chi connectivity index (χ3v) is 9.61. The van der Waals surface area contributed by atoms with Crippen molar-refractivity contribution >= 4 is 27.8 Å². The summed E-state index contributed by atoms with van der Waals surface area (Å²) in [6.45, 7) is 2.63. The van der Waals surface area contributed by atoms with Crippen LogP contribution in [0.3, 0.4) is 0 Å². The Kier molecular flexibility index (Phi) is 6.11. The molecule has 35 heavy (non-hydrogen) atoms. The number of amides is 2. The van der Waals surface area contributed by atoms with Crippen LogP contribution in [0.25, 0.3) is 0 Å². The van der Waals surface area contributed by atoms with Crippen LogP contribution in [0.2, 0.25) is 0 Å². The average molecular weight is 508 g/mol. The summed E-state index contributed by atoms with van der Waals surface area (Å²) >= 11 is 0. The smallest absolute Gasteiger partial charge is 0.410 e. The van der Waals surface area contributed by atoms with E-state index < -0.39 is 44.8 Å². The maximum absolute atomic E-state index is 14.0. The minimum Gasteiger partial charge on any atom is -0.445 e. The minimum absolute atomic E-state index is 0.0342. The van der Waals surface area contributed by atoms with Gasteiger partial charge in [0.1, 0.15) is 11.9 Å². The third kappa shape index (κ3) is 4.67. The molecule has 4 atom stereocenters. The molecule has 5 rings (SSSR count). The van der Waals surface area contributed by atoms with Gasteiger partial charge in [-0.25, -0.2) is 17.6 Å². The summed E-state index contributed by atoms with van der Waals surface area (Å²) < 4.78 is 46.3. The van der Waals surface area contributed by atoms with Gasteiger partial charge in [-0.3, -0.25) is 19.2 Å². The molecule has 4 aliphatic rings. The van der Waals surface area contributed by atoms with Crippen molar-refractivity contribution in [2.45, 2.75) is 75.9 Å². The van der Waals surface area contributed by atoms with Crippen molar-refractivity contribution in [3.63, 3.8) is 0 Å². The Bertz CT molecular complexity index is 1170. The lowest BCUT2D eigenvalue weighted by molar-refractivity contribution is -0.131. The lowest BCUT2D eigenvalue weighted by Gasteiger charge is -2.20. The van der Waals surface area contributed by atoms with Crippen LogP contribution in [0.5, 0.6) is 0 Å². The molecule has 0 unspecified atom stereocenters. The number of rotatable bonds is 8. The first kappa shape index (κ1) is 24.2. The van der Waals surface area contributed by atoms with Crippen molar-refractivity contribution < 1.29 is 31.9 Å². The normalized spacial score (nSPS) is 29.5. The number of hydrogen-bond acceptors (Lipinski definition) is 7. The lowest BCUT2D eigenvalue weighted by atomic mass is 9.91. The zero-order valence-electron chi connectivity index (χ0n) is 19.6. The van der Waals surface area contributed by atoms with Gasteiger partial charge in [0, 0.05) is 31.5 Å². The molecule has 2 N–H and O–H groups in total. The van der Waals surface area contributed by atoms with Crippen molar-refractivity contribution in [2.24, 2.45) is 11.3 Å². The molecule has 3 fully saturated rings. The van der Waals surface area contributed by atoms with Gasteiger partial charge < -0.3 is 10.1 Å². The summed E-state index contributed by atoms with van der Waals surface area (Å²) in [4.78, 5) is 40.0. The highest BCUT2D eigenvalue weighted by atomic mass is 32.2. The number of ether oxygens (including phenoxy) is 1. The quantitative estimate of drug-likeness (QED) is 0.552. The van der Waals surface area contributed by atoms with E-state index in [4.69, 9.17) is 4.74 Å². The summed E-state index contributed by atoms with van der Waals surface area (Å²) in [5.74, 6) is -1.15. The van der Waals surface area contributed by atoms with Crippen LogP contribution < -0.4 is 10.0 Å². The van der Waals surface area contributed by atoms with Gasteiger partial charge in [0.05, 0.1) is 23.3 Å². The van der Waals surface area contributed by atoms with Gasteiger partial charge in [0.15, 0.2) is 5.78 Å². The Balaban J connectivity index is 1.15. The van der Waals surface area contributed by atoms with Crippen LogP contribution in [0.1, 0.15) is 56.6 Å². The molecular weight excluding hydrogens is 477 g/mol. The summed E-state index contributed by atoms with van der Waals surface area (Å²) in [5, 5.41) is 2.56. The molecule has 0 aromatic heterocycles. The van der Waals surface area contributed by atoms with E-state index in [1.54, 1.807) is 12.1 Å². The molecule has 11 heteroatoms. The number of fused-ring (bicyclic) bond motifs is 1. The number of carbonyl (C=O) groups is 3. The molecule has 190 valence electrons. The van der Waals surface area contributed by atoms with Gasteiger partial charge in [-0.15, -0.1) is 0 Å². The molecule has 1 saturated heterocycles. The van der Waals surface area contributed by atoms with E-state index in [0.29, 0.717) is 37.8 Å². The summed E-state index contributed by atoms with van der Waals surface area (Å²) in [6.07, 6.45) is 1.42. The molecule has 0 spiro atoms. The second-order valence-electron chi connectivity index (χ2n) is 10.2. The molecular formula is C24H30FN3O6S. The Morgan fingerprint density at radius 1 is 1.26 bits per heavy atom. The van der Waals surface area contributed by atoms with Gasteiger partial charge in [-0.1, -0.05) is 25.5 Å². The standard InChI is InChI=1S/C24H30FN3O6S/c1-2-15-9-24(15,22(30)27-35(32,33)17-6-7-17)10-21(29)20-8-16(11-26-20)34-23(31)28-12-14-4-3-5-19(25)18(14)13-28/h3-5,15-17,20,26H,2,6-13H2,1H3,(H,27,30)/t15-,16-,20+,24-/m1/s1. The molecule has 2 aliphatic carbocycles. The van der Waals surface area contributed by atoms with Crippen molar-refractivity contribution in [2.75, 3.05) is 6.54 Å². The Labute approximate surface area is 203 Å². The number of hydrogen-bond donors (Lipinski definition) is 2. The summed E-state index contributed by atoms with van der Waals surface area (Å²) in [7, 11) is -3.68. The summed E-state index contributed by atoms with van der Waals surface area (Å²) in [6, 6.07) is 4.17. The predicted octanol–water partition coefficient (Wildman–Crippen LogP) is 1.99. The SMILES string of the molecule is CC[C@@H]1C[C@]1(CC(=O)[C@@H]1C[C@@H](OC(=O)N2Cc3cccc(F)c3C2)CN1)C(=O)NS(=O)(=O)C1CC1. The molecule has 1 aromatic carbocycles. The van der Waals surface area contributed by atoms with Crippen molar-refractivity contribution in [1.29, 1.82) is 0 Å². The molecule has 0 bridgehead atoms. The minimum atomic E-state index is -3.68. The number of halogens is 1. The molecule has 1 aromatic rings. The van der Waals surface area contributed by atoms with E-state index in [0.717, 1.165) is 5.56 Å². The van der Waals surface area contributed by atoms with Gasteiger partial charge >= 0.3 is 6.09 Å². The highest BCUT2D eigenvalue weighted by molar-refractivity contribution is 7.90. The molecule has 2 aliphatic heterocycles. The second-order valence-corrected chi connectivity index (χ2v) is 12.2. The first-order chi connectivity index (χ1) is 16.6. The zero-order valence-corrected chi connectivity index (χ0v) is 20.4. The lowest BCUT2D eigenvalue weighted by Crippen LogP contribution is -2.42. The maximum Gasteiger partial charge on any atom is 0.410 e. The van der Waals surface area contributed by atoms with E-state index in [-0.39, 0.29) is 43.4 Å². The van der Waals surface area contributed by atoms with Crippen molar-refractivity contribution in [1.82, 2.24) is 14.9 Å². The maximum atomic E-state index is 14.0. The van der Waals surface area contributed by atoms with Gasteiger partial charge in [-0.2, -0.15) is 0 Å². The number of benzene rings is 1. The predicted molar refractivity (Wildman–Crippen MR) is 123 cm³/mol. The fraction of sp³-hybridized carbons (Fsp3) is 0.625. The van der Waals surface area contributed by atoms with E-state index in [1.165, 1.54) is 11.0 Å². The fourth-order valence-corrected chi connectivity index (χ4v) is 6.77. The van der Waals surface area contributed by atoms with E-state index in [1.807, 2.05) is 6.92 Å². The largest absolute Gasteiger partial charge is 0.445 e. The molecule has 0 radical (unpaired) electrons. The fourth-order valence-electron chi connectivity index (χ4n) is 5.38. The van der Waals surface area contributed by atoms with Crippen molar-refractivity contribution in [3.8, 4) is 0 Å². The van der Waals surface area contributed by atoms with Crippen LogP contribution in [0.4, 0.5) is 9.18 Å².